The first-order valence-electron chi connectivity index (χ1n) is 4.84. The van der Waals surface area contributed by atoms with Gasteiger partial charge in [-0.2, -0.15) is 0 Å². The summed E-state index contributed by atoms with van der Waals surface area (Å²) in [5, 5.41) is 0. The van der Waals surface area contributed by atoms with Gasteiger partial charge < -0.3 is 26.4 Å². The van der Waals surface area contributed by atoms with E-state index in [1.807, 2.05) is 6.92 Å². The van der Waals surface area contributed by atoms with E-state index in [4.69, 9.17) is 4.74 Å². The molecule has 0 saturated carbocycles. The smallest absolute Gasteiger partial charge is 1.00 e. The topological polar surface area (TPSA) is 92.7 Å². The van der Waals surface area contributed by atoms with Crippen molar-refractivity contribution in [3.8, 4) is 5.75 Å². The zero-order valence-corrected chi connectivity index (χ0v) is 17.0. The van der Waals surface area contributed by atoms with Crippen molar-refractivity contribution in [3.05, 3.63) is 24.3 Å². The molecule has 6 nitrogen and oxygen atoms in total. The van der Waals surface area contributed by atoms with Crippen LogP contribution in [0.15, 0.2) is 29.2 Å². The molecule has 0 aliphatic carbocycles. The molecule has 0 bridgehead atoms. The van der Waals surface area contributed by atoms with Gasteiger partial charge in [-0.15, -0.1) is 0 Å². The molecule has 20 heavy (non-hydrogen) atoms. The van der Waals surface area contributed by atoms with Crippen LogP contribution in [0, 0.1) is 0 Å². The summed E-state index contributed by atoms with van der Waals surface area (Å²) < 4.78 is 41.2. The number of hydrogen-bond acceptors (Lipinski definition) is 6. The Morgan fingerprint density at radius 1 is 1.20 bits per heavy atom. The fourth-order valence-electron chi connectivity index (χ4n) is 0.985. The van der Waals surface area contributed by atoms with E-state index in [9.17, 15) is 17.8 Å². The van der Waals surface area contributed by atoms with Crippen LogP contribution in [0.1, 0.15) is 13.3 Å². The van der Waals surface area contributed by atoms with Crippen LogP contribution in [0.2, 0.25) is 0 Å². The number of halogens is 1. The van der Waals surface area contributed by atoms with Gasteiger partial charge in [0.25, 0.3) is 0 Å². The molecular weight excluding hydrogens is 330 g/mol. The summed E-state index contributed by atoms with van der Waals surface area (Å²) in [4.78, 5) is 10.6. The molecule has 0 aliphatic heterocycles. The number of carbonyl (C=O) groups is 1. The van der Waals surface area contributed by atoms with Crippen molar-refractivity contribution in [1.82, 2.24) is 0 Å². The van der Waals surface area contributed by atoms with E-state index in [2.05, 4.69) is 4.74 Å². The van der Waals surface area contributed by atoms with Crippen molar-refractivity contribution in [2.24, 2.45) is 0 Å². The van der Waals surface area contributed by atoms with E-state index < -0.39 is 16.3 Å². The minimum Gasteiger partial charge on any atom is -1.00 e. The Balaban J connectivity index is -0.000000963. The zero-order chi connectivity index (χ0) is 12.9. The third kappa shape index (κ3) is 9.59. The molecule has 1 rings (SSSR count). The van der Waals surface area contributed by atoms with Crippen LogP contribution < -0.4 is 76.3 Å². The van der Waals surface area contributed by atoms with Gasteiger partial charge in [0.1, 0.15) is 15.9 Å². The van der Waals surface area contributed by atoms with Crippen molar-refractivity contribution in [2.45, 2.75) is 18.2 Å². The Kier molecular flexibility index (Phi) is 15.7. The molecule has 0 unspecified atom stereocenters. The van der Waals surface area contributed by atoms with Gasteiger partial charge in [-0.3, -0.25) is 0 Å². The normalized spacial score (nSPS) is 9.30. The first kappa shape index (κ1) is 25.6. The minimum atomic E-state index is -4.48. The fourth-order valence-corrected chi connectivity index (χ4v) is 1.45. The molecule has 0 saturated heterocycles. The average Bonchev–Trinajstić information content (AvgIpc) is 2.26. The van der Waals surface area contributed by atoms with E-state index in [-0.39, 0.29) is 88.8 Å². The zero-order valence-electron chi connectivity index (χ0n) is 11.5. The van der Waals surface area contributed by atoms with Gasteiger partial charge >= 0.3 is 65.3 Å². The summed E-state index contributed by atoms with van der Waals surface area (Å²) in [6.45, 7) is 2.08. The second-order valence-electron chi connectivity index (χ2n) is 3.13. The third-order valence-electron chi connectivity index (χ3n) is 1.74. The Morgan fingerprint density at radius 2 is 1.70 bits per heavy atom. The first-order valence-corrected chi connectivity index (χ1v) is 6.25. The summed E-state index contributed by atoms with van der Waals surface area (Å²) in [5.74, 6) is 0.110. The summed E-state index contributed by atoms with van der Waals surface area (Å²) in [6.07, 6.45) is -0.202. The van der Waals surface area contributed by atoms with Gasteiger partial charge in [0.2, 0.25) is 0 Å². The molecule has 0 aliphatic rings. The van der Waals surface area contributed by atoms with Gasteiger partial charge in [0.05, 0.1) is 11.5 Å². The molecule has 0 spiro atoms. The molecule has 0 N–H and O–H groups in total. The molecular formula is C10H11ClNa2O6S. The van der Waals surface area contributed by atoms with E-state index in [0.29, 0.717) is 6.42 Å². The maximum absolute atomic E-state index is 11.0. The Hall–Kier alpha value is 0.690. The molecule has 0 radical (unpaired) electrons. The van der Waals surface area contributed by atoms with Crippen molar-refractivity contribution in [3.63, 3.8) is 0 Å². The van der Waals surface area contributed by atoms with Crippen LogP contribution in [0.3, 0.4) is 0 Å². The molecule has 1 aromatic rings. The largest absolute Gasteiger partial charge is 1.00 e. The van der Waals surface area contributed by atoms with Gasteiger partial charge in [0, 0.05) is 0 Å². The quantitative estimate of drug-likeness (QED) is 0.234. The Bertz CT molecular complexity index is 491. The van der Waals surface area contributed by atoms with Crippen LogP contribution in [0.4, 0.5) is 4.79 Å². The SMILES string of the molecule is CCCOC(=O)Oc1ccc(S(=O)(=O)[O-])cc1.[Cl-].[Na+].[Na+]. The second kappa shape index (κ2) is 12.3. The second-order valence-corrected chi connectivity index (χ2v) is 4.51. The number of rotatable bonds is 4. The van der Waals surface area contributed by atoms with Crippen molar-refractivity contribution >= 4 is 16.3 Å². The van der Waals surface area contributed by atoms with Crippen LogP contribution in [0.25, 0.3) is 0 Å². The number of hydrogen-bond donors (Lipinski definition) is 0. The molecule has 1 aromatic carbocycles. The summed E-state index contributed by atoms with van der Waals surface area (Å²) in [7, 11) is -4.48. The fraction of sp³-hybridized carbons (Fsp3) is 0.300. The van der Waals surface area contributed by atoms with Crippen molar-refractivity contribution < 1.29 is 98.8 Å². The van der Waals surface area contributed by atoms with Crippen LogP contribution >= 0.6 is 0 Å². The summed E-state index contributed by atoms with van der Waals surface area (Å²) in [6, 6.07) is 4.53. The van der Waals surface area contributed by atoms with Crippen LogP contribution in [0.5, 0.6) is 5.75 Å². The van der Waals surface area contributed by atoms with E-state index in [0.717, 1.165) is 12.1 Å². The predicted octanol–water partition coefficient (Wildman–Crippen LogP) is -7.47. The van der Waals surface area contributed by atoms with Crippen molar-refractivity contribution in [2.75, 3.05) is 6.61 Å². The Morgan fingerprint density at radius 3 is 2.10 bits per heavy atom. The first-order chi connectivity index (χ1) is 7.93. The van der Waals surface area contributed by atoms with Gasteiger partial charge in [0.15, 0.2) is 0 Å². The van der Waals surface area contributed by atoms with E-state index in [1.165, 1.54) is 12.1 Å². The van der Waals surface area contributed by atoms with Crippen LogP contribution in [-0.4, -0.2) is 25.7 Å². The van der Waals surface area contributed by atoms with Crippen LogP contribution in [-0.2, 0) is 14.9 Å². The molecule has 0 fully saturated rings. The molecule has 10 heteroatoms. The van der Waals surface area contributed by atoms with Crippen molar-refractivity contribution in [1.29, 1.82) is 0 Å². The molecule has 102 valence electrons. The minimum absolute atomic E-state index is 0. The predicted molar refractivity (Wildman–Crippen MR) is 56.7 cm³/mol. The maximum Gasteiger partial charge on any atom is 1.00 e. The third-order valence-corrected chi connectivity index (χ3v) is 2.59. The number of carbonyl (C=O) groups excluding carboxylic acids is 1. The molecule has 0 amide bonds. The average molecular weight is 341 g/mol. The van der Waals surface area contributed by atoms with Gasteiger partial charge in [-0.25, -0.2) is 13.2 Å². The molecule has 0 atom stereocenters. The standard InChI is InChI=1S/C10H12O6S.ClH.2Na/c1-2-7-15-10(11)16-8-3-5-9(6-4-8)17(12,13)14;;;/h3-6H,2,7H2,1H3,(H,12,13,14);1H;;/q;;2*+1/p-2. The summed E-state index contributed by atoms with van der Waals surface area (Å²) in [5.41, 5.74) is 0. The monoisotopic (exact) mass is 340 g/mol. The number of ether oxygens (including phenoxy) is 2. The maximum atomic E-state index is 11.0. The van der Waals surface area contributed by atoms with Gasteiger partial charge in [-0.1, -0.05) is 6.92 Å². The van der Waals surface area contributed by atoms with E-state index in [1.54, 1.807) is 0 Å². The Labute approximate surface area is 168 Å². The van der Waals surface area contributed by atoms with Gasteiger partial charge in [-0.05, 0) is 30.7 Å². The molecule has 0 aromatic heterocycles. The number of benzene rings is 1. The summed E-state index contributed by atoms with van der Waals surface area (Å²) >= 11 is 0. The molecule has 0 heterocycles. The van der Waals surface area contributed by atoms with E-state index >= 15 is 0 Å².